The number of urea groups is 1. The van der Waals surface area contributed by atoms with Crippen LogP contribution in [0.2, 0.25) is 0 Å². The van der Waals surface area contributed by atoms with E-state index in [0.717, 1.165) is 17.7 Å². The molecule has 3 amide bonds. The number of amides is 3. The molecule has 44 heavy (non-hydrogen) atoms. The second-order valence-corrected chi connectivity index (χ2v) is 10.2. The normalized spacial score (nSPS) is 13.8. The van der Waals surface area contributed by atoms with Gasteiger partial charge in [0.1, 0.15) is 12.3 Å². The van der Waals surface area contributed by atoms with E-state index in [-0.39, 0.29) is 31.2 Å². The molecular weight excluding hydrogens is 581 g/mol. The molecule has 1 aromatic heterocycles. The lowest BCUT2D eigenvalue weighted by Gasteiger charge is -2.31. The second-order valence-electron chi connectivity index (χ2n) is 10.2. The molecule has 238 valence electrons. The highest BCUT2D eigenvalue weighted by atomic mass is 19.4. The number of nitrogens with one attached hydrogen (secondary N) is 1. The van der Waals surface area contributed by atoms with E-state index in [2.05, 4.69) is 10.2 Å². The fourth-order valence-electron chi connectivity index (χ4n) is 4.76. The number of hydrogen-bond acceptors (Lipinski definition) is 7. The van der Waals surface area contributed by atoms with Crippen LogP contribution in [0.1, 0.15) is 16.9 Å². The highest BCUT2D eigenvalue weighted by Crippen LogP contribution is 2.31. The van der Waals surface area contributed by atoms with E-state index in [9.17, 15) is 22.8 Å². The predicted octanol–water partition coefficient (Wildman–Crippen LogP) is 4.75. The number of carbonyl (C=O) groups excluding carboxylic acids is 2. The van der Waals surface area contributed by atoms with Gasteiger partial charge in [-0.1, -0.05) is 12.1 Å². The van der Waals surface area contributed by atoms with Crippen molar-refractivity contribution in [2.45, 2.75) is 19.1 Å². The zero-order valence-electron chi connectivity index (χ0n) is 24.8. The summed E-state index contributed by atoms with van der Waals surface area (Å²) < 4.78 is 61.4. The van der Waals surface area contributed by atoms with Gasteiger partial charge in [-0.15, -0.1) is 0 Å². The fourth-order valence-corrected chi connectivity index (χ4v) is 4.76. The fraction of sp³-hybridized carbons (Fsp3) is 0.419. The Morgan fingerprint density at radius 1 is 0.955 bits per heavy atom. The number of anilines is 1. The molecule has 10 nitrogen and oxygen atoms in total. The van der Waals surface area contributed by atoms with Crippen LogP contribution in [0.4, 0.5) is 23.7 Å². The van der Waals surface area contributed by atoms with Gasteiger partial charge in [-0.25, -0.2) is 4.79 Å². The topological polar surface area (TPSA) is 96.7 Å². The molecular formula is C31H37F3N4O6. The Kier molecular flexibility index (Phi) is 11.5. The lowest BCUT2D eigenvalue weighted by molar-refractivity contribution is -0.137. The molecule has 0 radical (unpaired) electrons. The first-order chi connectivity index (χ1) is 21.2. The third-order valence-electron chi connectivity index (χ3n) is 7.24. The average Bonchev–Trinajstić information content (AvgIpc) is 3.54. The van der Waals surface area contributed by atoms with Crippen molar-refractivity contribution in [3.05, 3.63) is 77.7 Å². The summed E-state index contributed by atoms with van der Waals surface area (Å²) >= 11 is 0. The number of ether oxygens (including phenoxy) is 3. The van der Waals surface area contributed by atoms with E-state index in [1.165, 1.54) is 23.3 Å². The van der Waals surface area contributed by atoms with Crippen molar-refractivity contribution in [2.24, 2.45) is 0 Å². The lowest BCUT2D eigenvalue weighted by Crippen LogP contribution is -2.48. The number of rotatable bonds is 13. The van der Waals surface area contributed by atoms with Crippen molar-refractivity contribution in [3.8, 4) is 11.5 Å². The lowest BCUT2D eigenvalue weighted by atomic mass is 10.1. The Bertz CT molecular complexity index is 1360. The molecule has 1 aliphatic heterocycles. The maximum absolute atomic E-state index is 13.8. The molecule has 1 fully saturated rings. The van der Waals surface area contributed by atoms with Gasteiger partial charge in [0.05, 0.1) is 45.8 Å². The number of alkyl halides is 3. The van der Waals surface area contributed by atoms with Crippen molar-refractivity contribution >= 4 is 17.6 Å². The first-order valence-corrected chi connectivity index (χ1v) is 14.2. The Balaban J connectivity index is 1.50. The summed E-state index contributed by atoms with van der Waals surface area (Å²) in [7, 11) is 3.10. The standard InChI is InChI=1S/C31H37F3N4O6/c1-41-27-9-8-23(19-28(27)42-2)10-11-37(21-26-7-4-16-44-26)29(39)22-38(13-12-36-14-17-43-18-15-36)30(40)35-25-6-3-5-24(20-25)31(32,33)34/h3-9,16,19-20H,10-15,17-18,21-22H2,1-2H3,(H,35,40). The van der Waals surface area contributed by atoms with Crippen molar-refractivity contribution < 1.29 is 41.4 Å². The monoisotopic (exact) mass is 618 g/mol. The van der Waals surface area contributed by atoms with Gasteiger partial charge in [0.2, 0.25) is 5.91 Å². The zero-order valence-corrected chi connectivity index (χ0v) is 24.8. The minimum absolute atomic E-state index is 0.0189. The van der Waals surface area contributed by atoms with E-state index >= 15 is 0 Å². The molecule has 1 N–H and O–H groups in total. The number of morpholine rings is 1. The van der Waals surface area contributed by atoms with Gasteiger partial charge in [0.25, 0.3) is 0 Å². The first-order valence-electron chi connectivity index (χ1n) is 14.2. The molecule has 3 aromatic rings. The predicted molar refractivity (Wildman–Crippen MR) is 157 cm³/mol. The molecule has 0 atom stereocenters. The molecule has 0 aliphatic carbocycles. The van der Waals surface area contributed by atoms with Crippen LogP contribution in [0.5, 0.6) is 11.5 Å². The molecule has 0 spiro atoms. The van der Waals surface area contributed by atoms with Gasteiger partial charge in [0.15, 0.2) is 11.5 Å². The van der Waals surface area contributed by atoms with Crippen molar-refractivity contribution in [2.75, 3.05) is 72.0 Å². The maximum atomic E-state index is 13.8. The number of carbonyl (C=O) groups is 2. The van der Waals surface area contributed by atoms with E-state index in [1.54, 1.807) is 37.3 Å². The highest BCUT2D eigenvalue weighted by molar-refractivity contribution is 5.92. The molecule has 2 heterocycles. The van der Waals surface area contributed by atoms with Crippen LogP contribution in [0.15, 0.2) is 65.3 Å². The van der Waals surface area contributed by atoms with Gasteiger partial charge in [-0.2, -0.15) is 13.2 Å². The average molecular weight is 619 g/mol. The van der Waals surface area contributed by atoms with Crippen LogP contribution in [0.25, 0.3) is 0 Å². The van der Waals surface area contributed by atoms with E-state index < -0.39 is 17.8 Å². The quantitative estimate of drug-likeness (QED) is 0.295. The van der Waals surface area contributed by atoms with E-state index in [0.29, 0.717) is 63.1 Å². The SMILES string of the molecule is COc1ccc(CCN(Cc2ccco2)C(=O)CN(CCN2CCOCC2)C(=O)Nc2cccc(C(F)(F)F)c2)cc1OC. The van der Waals surface area contributed by atoms with Gasteiger partial charge in [-0.05, 0) is 54.4 Å². The van der Waals surface area contributed by atoms with Crippen LogP contribution in [0.3, 0.4) is 0 Å². The van der Waals surface area contributed by atoms with Crippen LogP contribution in [0, 0.1) is 0 Å². The van der Waals surface area contributed by atoms with Crippen molar-refractivity contribution in [1.29, 1.82) is 0 Å². The summed E-state index contributed by atoms with van der Waals surface area (Å²) in [6.45, 7) is 3.30. The summed E-state index contributed by atoms with van der Waals surface area (Å²) in [5, 5.41) is 2.54. The van der Waals surface area contributed by atoms with Crippen molar-refractivity contribution in [1.82, 2.24) is 14.7 Å². The summed E-state index contributed by atoms with van der Waals surface area (Å²) in [5.41, 5.74) is 0.00641. The molecule has 13 heteroatoms. The number of benzene rings is 2. The van der Waals surface area contributed by atoms with E-state index in [1.807, 2.05) is 12.1 Å². The summed E-state index contributed by atoms with van der Waals surface area (Å²) in [4.78, 5) is 32.2. The Morgan fingerprint density at radius 3 is 2.41 bits per heavy atom. The van der Waals surface area contributed by atoms with E-state index in [4.69, 9.17) is 18.6 Å². The number of hydrogen-bond donors (Lipinski definition) is 1. The molecule has 1 saturated heterocycles. The number of furan rings is 1. The van der Waals surface area contributed by atoms with Gasteiger partial charge < -0.3 is 33.7 Å². The Hall–Kier alpha value is -4.23. The molecule has 0 unspecified atom stereocenters. The van der Waals surface area contributed by atoms with Crippen LogP contribution in [-0.2, 0) is 28.7 Å². The van der Waals surface area contributed by atoms with Crippen LogP contribution < -0.4 is 14.8 Å². The Labute approximate surface area is 254 Å². The summed E-state index contributed by atoms with van der Waals surface area (Å²) in [6, 6.07) is 12.7. The Morgan fingerprint density at radius 2 is 1.73 bits per heavy atom. The molecule has 0 saturated carbocycles. The largest absolute Gasteiger partial charge is 0.493 e. The smallest absolute Gasteiger partial charge is 0.416 e. The number of nitrogens with zero attached hydrogens (tertiary/aromatic N) is 3. The number of methoxy groups -OCH3 is 2. The summed E-state index contributed by atoms with van der Waals surface area (Å²) in [5.74, 6) is 1.37. The number of halogens is 3. The van der Waals surface area contributed by atoms with Gasteiger partial charge >= 0.3 is 12.2 Å². The first kappa shape index (κ1) is 32.7. The minimum atomic E-state index is -4.56. The van der Waals surface area contributed by atoms with Crippen molar-refractivity contribution in [3.63, 3.8) is 0 Å². The molecule has 0 bridgehead atoms. The maximum Gasteiger partial charge on any atom is 0.416 e. The van der Waals surface area contributed by atoms with Gasteiger partial charge in [0, 0.05) is 38.4 Å². The third kappa shape index (κ3) is 9.38. The minimum Gasteiger partial charge on any atom is -0.493 e. The second kappa shape index (κ2) is 15.5. The molecule has 4 rings (SSSR count). The van der Waals surface area contributed by atoms with Gasteiger partial charge in [-0.3, -0.25) is 9.69 Å². The van der Waals surface area contributed by atoms with Crippen LogP contribution in [-0.4, -0.2) is 93.3 Å². The third-order valence-corrected chi connectivity index (χ3v) is 7.24. The molecule has 2 aromatic carbocycles. The molecule has 1 aliphatic rings. The highest BCUT2D eigenvalue weighted by Gasteiger charge is 2.31. The summed E-state index contributed by atoms with van der Waals surface area (Å²) in [6.07, 6.45) is -2.56. The zero-order chi connectivity index (χ0) is 31.5. The van der Waals surface area contributed by atoms with Crippen LogP contribution >= 0.6 is 0 Å².